The van der Waals surface area contributed by atoms with Gasteiger partial charge >= 0.3 is 0 Å². The van der Waals surface area contributed by atoms with Gasteiger partial charge in [-0.15, -0.1) is 0 Å². The number of hydrogen-bond acceptors (Lipinski definition) is 2. The molecule has 0 amide bonds. The van der Waals surface area contributed by atoms with Gasteiger partial charge in [-0.05, 0) is 74.0 Å². The van der Waals surface area contributed by atoms with Crippen LogP contribution >= 0.6 is 0 Å². The molecule has 5 aliphatic rings. The molecule has 2 atom stereocenters. The van der Waals surface area contributed by atoms with Gasteiger partial charge in [0.2, 0.25) is 0 Å². The fraction of sp³-hybridized carbons (Fsp3) is 1.00. The highest BCUT2D eigenvalue weighted by Gasteiger charge is 2.56. The third-order valence-electron chi connectivity index (χ3n) is 6.48. The first kappa shape index (κ1) is 10.8. The summed E-state index contributed by atoms with van der Waals surface area (Å²) in [5, 5.41) is 0. The second-order valence-corrected chi connectivity index (χ2v) is 7.30. The third kappa shape index (κ3) is 1.53. The molecule has 17 heavy (non-hydrogen) atoms. The summed E-state index contributed by atoms with van der Waals surface area (Å²) in [4.78, 5) is 0. The Hall–Kier alpha value is -0.0800. The van der Waals surface area contributed by atoms with E-state index in [1.165, 1.54) is 44.9 Å². The van der Waals surface area contributed by atoms with Crippen LogP contribution in [0, 0.1) is 29.1 Å². The van der Waals surface area contributed by atoms with Crippen LogP contribution in [-0.2, 0) is 4.74 Å². The second-order valence-electron chi connectivity index (χ2n) is 7.30. The average Bonchev–Trinajstić information content (AvgIpc) is 2.36. The maximum Gasteiger partial charge on any atom is 0.0468 e. The molecule has 4 aliphatic carbocycles. The molecule has 1 aliphatic heterocycles. The van der Waals surface area contributed by atoms with E-state index in [1.807, 2.05) is 0 Å². The molecule has 5 rings (SSSR count). The lowest BCUT2D eigenvalue weighted by atomic mass is 9.44. The molecule has 4 saturated carbocycles. The van der Waals surface area contributed by atoms with Crippen LogP contribution in [0.25, 0.3) is 0 Å². The fourth-order valence-electron chi connectivity index (χ4n) is 5.94. The first-order valence-electron chi connectivity index (χ1n) is 7.60. The quantitative estimate of drug-likeness (QED) is 0.758. The molecule has 96 valence electrons. The Balaban J connectivity index is 1.61. The van der Waals surface area contributed by atoms with Crippen molar-refractivity contribution in [3.63, 3.8) is 0 Å². The Labute approximate surface area is 104 Å². The van der Waals surface area contributed by atoms with Crippen molar-refractivity contribution in [1.82, 2.24) is 0 Å². The maximum atomic E-state index is 6.43. The van der Waals surface area contributed by atoms with Crippen LogP contribution in [0.5, 0.6) is 0 Å². The number of rotatable bonds is 1. The van der Waals surface area contributed by atoms with Crippen molar-refractivity contribution < 1.29 is 4.74 Å². The summed E-state index contributed by atoms with van der Waals surface area (Å²) in [6, 6.07) is 0.541. The molecule has 2 N–H and O–H groups in total. The topological polar surface area (TPSA) is 35.2 Å². The van der Waals surface area contributed by atoms with Gasteiger partial charge in [-0.2, -0.15) is 0 Å². The summed E-state index contributed by atoms with van der Waals surface area (Å²) in [7, 11) is 0. The fourth-order valence-corrected chi connectivity index (χ4v) is 5.94. The average molecular weight is 235 g/mol. The summed E-state index contributed by atoms with van der Waals surface area (Å²) < 4.78 is 5.56. The minimum atomic E-state index is 0.541. The first-order chi connectivity index (χ1) is 8.27. The lowest BCUT2D eigenvalue weighted by Crippen LogP contribution is -2.59. The normalized spacial score (nSPS) is 54.2. The van der Waals surface area contributed by atoms with Gasteiger partial charge < -0.3 is 10.5 Å². The van der Waals surface area contributed by atoms with Crippen LogP contribution in [0.4, 0.5) is 0 Å². The molecule has 1 saturated heterocycles. The second kappa shape index (κ2) is 3.71. The summed E-state index contributed by atoms with van der Waals surface area (Å²) >= 11 is 0. The number of hydrogen-bond donors (Lipinski definition) is 1. The van der Waals surface area contributed by atoms with Gasteiger partial charge in [0.15, 0.2) is 0 Å². The van der Waals surface area contributed by atoms with Gasteiger partial charge in [0.25, 0.3) is 0 Å². The molecule has 2 heteroatoms. The zero-order valence-electron chi connectivity index (χ0n) is 10.7. The molecule has 0 aromatic rings. The Morgan fingerprint density at radius 2 is 1.59 bits per heavy atom. The van der Waals surface area contributed by atoms with Crippen molar-refractivity contribution in [1.29, 1.82) is 0 Å². The molecule has 2 nitrogen and oxygen atoms in total. The molecule has 2 unspecified atom stereocenters. The predicted octanol–water partition coefficient (Wildman–Crippen LogP) is 2.57. The van der Waals surface area contributed by atoms with E-state index in [0.717, 1.165) is 36.9 Å². The van der Waals surface area contributed by atoms with E-state index in [0.29, 0.717) is 11.5 Å². The van der Waals surface area contributed by atoms with E-state index in [4.69, 9.17) is 10.5 Å². The van der Waals surface area contributed by atoms with Gasteiger partial charge in [-0.1, -0.05) is 0 Å². The van der Waals surface area contributed by atoms with Crippen molar-refractivity contribution in [2.45, 2.75) is 51.0 Å². The summed E-state index contributed by atoms with van der Waals surface area (Å²) in [5.74, 6) is 3.71. The summed E-state index contributed by atoms with van der Waals surface area (Å²) in [6.07, 6.45) is 9.96. The molecule has 4 bridgehead atoms. The number of nitrogens with two attached hydrogens (primary N) is 1. The van der Waals surface area contributed by atoms with E-state index in [1.54, 1.807) is 0 Å². The minimum absolute atomic E-state index is 0.541. The lowest BCUT2D eigenvalue weighted by molar-refractivity contribution is -0.119. The van der Waals surface area contributed by atoms with Gasteiger partial charge in [0, 0.05) is 19.3 Å². The van der Waals surface area contributed by atoms with Gasteiger partial charge in [0.05, 0.1) is 0 Å². The first-order valence-corrected chi connectivity index (χ1v) is 7.60. The minimum Gasteiger partial charge on any atom is -0.381 e. The van der Waals surface area contributed by atoms with E-state index in [-0.39, 0.29) is 0 Å². The van der Waals surface area contributed by atoms with E-state index in [9.17, 15) is 0 Å². The van der Waals surface area contributed by atoms with Crippen molar-refractivity contribution in [3.8, 4) is 0 Å². The van der Waals surface area contributed by atoms with Crippen LogP contribution in [0.3, 0.4) is 0 Å². The third-order valence-corrected chi connectivity index (χ3v) is 6.48. The number of ether oxygens (including phenoxy) is 1. The molecule has 0 aromatic heterocycles. The molecular weight excluding hydrogens is 210 g/mol. The zero-order chi connectivity index (χ0) is 11.5. The zero-order valence-corrected chi connectivity index (χ0v) is 10.7. The van der Waals surface area contributed by atoms with E-state index < -0.39 is 0 Å². The highest BCUT2D eigenvalue weighted by Crippen LogP contribution is 2.63. The molecule has 0 aromatic carbocycles. The SMILES string of the molecule is NC1C2CC3CC1CC(C1CCOCC1)(C3)C2. The van der Waals surface area contributed by atoms with Gasteiger partial charge in [0.1, 0.15) is 0 Å². The molecular formula is C15H25NO. The van der Waals surface area contributed by atoms with Crippen molar-refractivity contribution >= 4 is 0 Å². The molecule has 0 spiro atoms. The van der Waals surface area contributed by atoms with E-state index >= 15 is 0 Å². The summed E-state index contributed by atoms with van der Waals surface area (Å²) in [5.41, 5.74) is 7.12. The van der Waals surface area contributed by atoms with Crippen LogP contribution < -0.4 is 5.73 Å². The highest BCUT2D eigenvalue weighted by molar-refractivity contribution is 5.08. The van der Waals surface area contributed by atoms with Crippen molar-refractivity contribution in [2.24, 2.45) is 34.8 Å². The predicted molar refractivity (Wildman–Crippen MR) is 67.5 cm³/mol. The van der Waals surface area contributed by atoms with Crippen LogP contribution in [0.15, 0.2) is 0 Å². The molecule has 5 fully saturated rings. The molecule has 0 radical (unpaired) electrons. The lowest BCUT2D eigenvalue weighted by Gasteiger charge is -2.62. The standard InChI is InChI=1S/C15H25NO/c16-14-11-5-10-6-12(14)9-15(7-10,8-11)13-1-3-17-4-2-13/h10-14H,1-9,16H2. The maximum absolute atomic E-state index is 6.43. The van der Waals surface area contributed by atoms with Crippen LogP contribution in [0.2, 0.25) is 0 Å². The van der Waals surface area contributed by atoms with Gasteiger partial charge in [-0.3, -0.25) is 0 Å². The van der Waals surface area contributed by atoms with Crippen molar-refractivity contribution in [3.05, 3.63) is 0 Å². The van der Waals surface area contributed by atoms with E-state index in [2.05, 4.69) is 0 Å². The molecule has 1 heterocycles. The van der Waals surface area contributed by atoms with Crippen LogP contribution in [-0.4, -0.2) is 19.3 Å². The summed E-state index contributed by atoms with van der Waals surface area (Å²) in [6.45, 7) is 2.02. The smallest absolute Gasteiger partial charge is 0.0468 e. The monoisotopic (exact) mass is 235 g/mol. The van der Waals surface area contributed by atoms with Gasteiger partial charge in [-0.25, -0.2) is 0 Å². The Morgan fingerprint density at radius 3 is 2.24 bits per heavy atom. The highest BCUT2D eigenvalue weighted by atomic mass is 16.5. The Bertz CT molecular complexity index is 294. The Morgan fingerprint density at radius 1 is 0.941 bits per heavy atom. The largest absolute Gasteiger partial charge is 0.381 e. The van der Waals surface area contributed by atoms with Crippen molar-refractivity contribution in [2.75, 3.05) is 13.2 Å². The Kier molecular flexibility index (Phi) is 2.36. The van der Waals surface area contributed by atoms with Crippen LogP contribution in [0.1, 0.15) is 44.9 Å².